The van der Waals surface area contributed by atoms with E-state index in [-0.39, 0.29) is 23.6 Å². The fraction of sp³-hybridized carbons (Fsp3) is 0.609. The lowest BCUT2D eigenvalue weighted by atomic mass is 10.1. The third-order valence-electron chi connectivity index (χ3n) is 6.14. The molecule has 3 fully saturated rings. The molecule has 3 aliphatic heterocycles. The van der Waals surface area contributed by atoms with Crippen molar-refractivity contribution in [2.75, 3.05) is 13.2 Å². The predicted octanol–water partition coefficient (Wildman–Crippen LogP) is 2.33. The fourth-order valence-electron chi connectivity index (χ4n) is 4.54. The predicted molar refractivity (Wildman–Crippen MR) is 123 cm³/mol. The minimum Gasteiger partial charge on any atom is -0.357 e. The van der Waals surface area contributed by atoms with Crippen LogP contribution in [-0.4, -0.2) is 73.3 Å². The van der Waals surface area contributed by atoms with Crippen molar-refractivity contribution in [1.82, 2.24) is 9.80 Å². The number of hydrogen-bond acceptors (Lipinski definition) is 6. The van der Waals surface area contributed by atoms with Crippen molar-refractivity contribution in [3.05, 3.63) is 35.9 Å². The zero-order valence-corrected chi connectivity index (χ0v) is 21.2. The second kappa shape index (κ2) is 9.95. The average Bonchev–Trinajstić information content (AvgIpc) is 3.36. The largest absolute Gasteiger partial charge is 0.555 e. The van der Waals surface area contributed by atoms with E-state index >= 15 is 0 Å². The Morgan fingerprint density at radius 2 is 1.74 bits per heavy atom. The summed E-state index contributed by atoms with van der Waals surface area (Å²) in [4.78, 5) is 30.6. The van der Waals surface area contributed by atoms with Crippen LogP contribution in [0.1, 0.15) is 48.0 Å². The van der Waals surface area contributed by atoms with Crippen LogP contribution < -0.4 is 0 Å². The molecular formula is C23H32N4O6S. The molecule has 4 atom stereocenters. The van der Waals surface area contributed by atoms with Crippen LogP contribution in [0.4, 0.5) is 0 Å². The fourth-order valence-corrected chi connectivity index (χ4v) is 5.27. The Balaban J connectivity index is 0.000000226. The number of benzene rings is 1. The number of amides is 2. The van der Waals surface area contributed by atoms with E-state index in [4.69, 9.17) is 19.2 Å². The third-order valence-corrected chi connectivity index (χ3v) is 7.11. The van der Waals surface area contributed by atoms with Gasteiger partial charge in [0.2, 0.25) is 17.0 Å². The summed E-state index contributed by atoms with van der Waals surface area (Å²) in [6.07, 6.45) is 0.961. The number of fused-ring (bicyclic) bond motifs is 1. The van der Waals surface area contributed by atoms with E-state index in [1.807, 2.05) is 25.7 Å². The van der Waals surface area contributed by atoms with Crippen LogP contribution in [0.3, 0.4) is 0 Å². The molecule has 0 aliphatic carbocycles. The van der Waals surface area contributed by atoms with Gasteiger partial charge in [-0.15, -0.1) is 4.79 Å². The van der Waals surface area contributed by atoms with Crippen molar-refractivity contribution < 1.29 is 32.2 Å². The van der Waals surface area contributed by atoms with Crippen LogP contribution in [-0.2, 0) is 34.3 Å². The van der Waals surface area contributed by atoms with Crippen LogP contribution >= 0.6 is 0 Å². The smallest absolute Gasteiger partial charge is 0.357 e. The molecule has 186 valence electrons. The van der Waals surface area contributed by atoms with E-state index in [0.717, 1.165) is 6.42 Å². The lowest BCUT2D eigenvalue weighted by molar-refractivity contribution is -0.145. The lowest BCUT2D eigenvalue weighted by Gasteiger charge is -2.30. The Bertz CT molecular complexity index is 1010. The van der Waals surface area contributed by atoms with E-state index in [9.17, 15) is 13.8 Å². The number of carbonyl (C=O) groups is 2. The van der Waals surface area contributed by atoms with Gasteiger partial charge in [-0.3, -0.25) is 14.5 Å². The molecule has 4 rings (SSSR count). The number of carbonyl (C=O) groups excluding carboxylic acids is 2. The van der Waals surface area contributed by atoms with Gasteiger partial charge in [0, 0.05) is 5.92 Å². The monoisotopic (exact) mass is 492 g/mol. The molecular weight excluding hydrogens is 460 g/mol. The molecule has 0 bridgehead atoms. The summed E-state index contributed by atoms with van der Waals surface area (Å²) in [5.74, 6) is -0.866. The van der Waals surface area contributed by atoms with Crippen molar-refractivity contribution in [1.29, 1.82) is 0 Å². The molecule has 0 spiro atoms. The van der Waals surface area contributed by atoms with Gasteiger partial charge in [0.1, 0.15) is 11.4 Å². The Kier molecular flexibility index (Phi) is 7.62. The minimum atomic E-state index is -1.95. The molecule has 0 radical (unpaired) electrons. The summed E-state index contributed by atoms with van der Waals surface area (Å²) in [6.45, 7) is 12.2. The van der Waals surface area contributed by atoms with E-state index in [1.165, 1.54) is 4.90 Å². The molecule has 0 saturated carbocycles. The second-order valence-corrected chi connectivity index (χ2v) is 10.7. The molecule has 34 heavy (non-hydrogen) atoms. The highest BCUT2D eigenvalue weighted by Crippen LogP contribution is 2.37. The molecule has 10 nitrogen and oxygen atoms in total. The summed E-state index contributed by atoms with van der Waals surface area (Å²) < 4.78 is 28.1. The van der Waals surface area contributed by atoms with Crippen molar-refractivity contribution >= 4 is 28.8 Å². The van der Waals surface area contributed by atoms with Gasteiger partial charge in [-0.05, 0) is 53.2 Å². The lowest BCUT2D eigenvalue weighted by Crippen LogP contribution is -2.50. The minimum absolute atomic E-state index is 0.193. The highest BCUT2D eigenvalue weighted by Gasteiger charge is 2.50. The number of rotatable bonds is 2. The summed E-state index contributed by atoms with van der Waals surface area (Å²) >= 11 is -1.95. The van der Waals surface area contributed by atoms with E-state index in [2.05, 4.69) is 4.79 Å². The van der Waals surface area contributed by atoms with Gasteiger partial charge >= 0.3 is 11.8 Å². The van der Waals surface area contributed by atoms with Gasteiger partial charge in [0.15, 0.2) is 0 Å². The standard InChI is InChI=1S/C14H17N3O4S.C9H15NO2/c1-10-9-20-14(2,3)17(10)13(18)12(16-15)21-22(19)11-7-5-4-6-8-11;1-6-4-7-5-12-9(2,3)10(7)8(6)11/h4-8,10H,9H2,1-3H3;6-7H,4-5H2,1-3H3. The molecule has 0 N–H and O–H groups in total. The van der Waals surface area contributed by atoms with Crippen LogP contribution in [0, 0.1) is 5.92 Å². The van der Waals surface area contributed by atoms with Gasteiger partial charge in [-0.25, -0.2) is 4.21 Å². The first-order chi connectivity index (χ1) is 15.9. The quantitative estimate of drug-likeness (QED) is 0.270. The Morgan fingerprint density at radius 3 is 2.26 bits per heavy atom. The molecule has 1 aromatic rings. The van der Waals surface area contributed by atoms with Crippen LogP contribution in [0.5, 0.6) is 0 Å². The highest BCUT2D eigenvalue weighted by atomic mass is 32.2. The number of hydrogen-bond donors (Lipinski definition) is 0. The summed E-state index contributed by atoms with van der Waals surface area (Å²) in [7, 11) is 0. The van der Waals surface area contributed by atoms with Gasteiger partial charge in [-0.1, -0.05) is 25.1 Å². The maximum Gasteiger partial charge on any atom is 0.555 e. The normalized spacial score (nSPS) is 27.4. The molecule has 4 unspecified atom stereocenters. The van der Waals surface area contributed by atoms with Crippen molar-refractivity contribution in [3.8, 4) is 0 Å². The molecule has 2 amide bonds. The van der Waals surface area contributed by atoms with Crippen molar-refractivity contribution in [3.63, 3.8) is 0 Å². The molecule has 3 aliphatic rings. The maximum atomic E-state index is 12.5. The zero-order chi connectivity index (χ0) is 25.3. The van der Waals surface area contributed by atoms with Crippen LogP contribution in [0.25, 0.3) is 5.53 Å². The maximum absolute atomic E-state index is 12.5. The van der Waals surface area contributed by atoms with Crippen molar-refractivity contribution in [2.45, 2.75) is 76.4 Å². The first-order valence-electron chi connectivity index (χ1n) is 11.2. The average molecular weight is 493 g/mol. The highest BCUT2D eigenvalue weighted by molar-refractivity contribution is 7.80. The van der Waals surface area contributed by atoms with E-state index in [0.29, 0.717) is 24.2 Å². The Hall–Kier alpha value is -2.59. The van der Waals surface area contributed by atoms with Crippen LogP contribution in [0.2, 0.25) is 0 Å². The van der Waals surface area contributed by atoms with Gasteiger partial charge in [0.05, 0.1) is 30.2 Å². The Morgan fingerprint density at radius 1 is 1.12 bits per heavy atom. The second-order valence-electron chi connectivity index (χ2n) is 9.57. The molecule has 3 saturated heterocycles. The van der Waals surface area contributed by atoms with E-state index < -0.39 is 28.6 Å². The first-order valence-corrected chi connectivity index (χ1v) is 12.3. The summed E-state index contributed by atoms with van der Waals surface area (Å²) in [5, 5.41) is 0. The van der Waals surface area contributed by atoms with Crippen molar-refractivity contribution in [2.24, 2.45) is 5.92 Å². The van der Waals surface area contributed by atoms with Crippen LogP contribution in [0.15, 0.2) is 35.2 Å². The van der Waals surface area contributed by atoms with Gasteiger partial charge in [0.25, 0.3) is 0 Å². The first kappa shape index (κ1) is 26.0. The third kappa shape index (κ3) is 5.22. The summed E-state index contributed by atoms with van der Waals surface area (Å²) in [6, 6.07) is 8.43. The summed E-state index contributed by atoms with van der Waals surface area (Å²) in [5.41, 5.74) is 7.82. The number of nitrogens with zero attached hydrogens (tertiary/aromatic N) is 4. The van der Waals surface area contributed by atoms with Gasteiger partial charge in [-0.2, -0.15) is 0 Å². The molecule has 1 aromatic carbocycles. The van der Waals surface area contributed by atoms with Gasteiger partial charge < -0.3 is 24.1 Å². The van der Waals surface area contributed by atoms with E-state index in [1.54, 1.807) is 51.1 Å². The Labute approximate surface area is 202 Å². The number of ether oxygens (including phenoxy) is 2. The zero-order valence-electron chi connectivity index (χ0n) is 20.4. The molecule has 3 heterocycles. The SMILES string of the molecule is CC1CC2COC(C)(C)N2C1=O.CC1COC(C)(C)N1C(=O)C(=[N+]=[N-])OS(=O)c1ccccc1. The molecule has 11 heteroatoms. The molecule has 0 aromatic heterocycles. The topological polar surface area (TPSA) is 122 Å².